The molecule has 2 amide bonds. The predicted molar refractivity (Wildman–Crippen MR) is 84.1 cm³/mol. The summed E-state index contributed by atoms with van der Waals surface area (Å²) in [6.45, 7) is 2.42. The number of aromatic amines is 1. The molecule has 0 aromatic carbocycles. The molecule has 2 fully saturated rings. The number of sulfonamides is 1. The lowest BCUT2D eigenvalue weighted by atomic mass is 9.94. The van der Waals surface area contributed by atoms with Crippen LogP contribution in [-0.2, 0) is 14.8 Å². The Morgan fingerprint density at radius 1 is 1.43 bits per heavy atom. The smallest absolute Gasteiger partial charge is 0.270 e. The molecule has 0 aliphatic carbocycles. The normalized spacial score (nSPS) is 27.6. The summed E-state index contributed by atoms with van der Waals surface area (Å²) in [4.78, 5) is 29.8. The van der Waals surface area contributed by atoms with E-state index in [9.17, 15) is 18.0 Å². The van der Waals surface area contributed by atoms with Gasteiger partial charge in [0.1, 0.15) is 5.69 Å². The number of hydrogen-bond donors (Lipinski definition) is 1. The molecule has 3 atom stereocenters. The molecule has 1 aromatic rings. The van der Waals surface area contributed by atoms with Crippen molar-refractivity contribution < 1.29 is 18.0 Å². The molecule has 0 radical (unpaired) electrons. The summed E-state index contributed by atoms with van der Waals surface area (Å²) in [6, 6.07) is 2.63. The zero-order chi connectivity index (χ0) is 16.8. The second-order valence-electron chi connectivity index (χ2n) is 6.22. The molecule has 2 aliphatic heterocycles. The van der Waals surface area contributed by atoms with Gasteiger partial charge in [-0.3, -0.25) is 9.59 Å². The number of carbonyl (C=O) groups is 2. The molecule has 0 saturated carbocycles. The van der Waals surface area contributed by atoms with Crippen molar-refractivity contribution in [2.75, 3.05) is 12.8 Å². The summed E-state index contributed by atoms with van der Waals surface area (Å²) < 4.78 is 25.1. The highest BCUT2D eigenvalue weighted by molar-refractivity contribution is 7.88. The second kappa shape index (κ2) is 5.67. The number of hydrogen-bond acceptors (Lipinski definition) is 4. The topological polar surface area (TPSA) is 90.6 Å². The summed E-state index contributed by atoms with van der Waals surface area (Å²) in [5.41, 5.74) is 0.464. The van der Waals surface area contributed by atoms with Gasteiger partial charge in [-0.25, -0.2) is 12.7 Å². The van der Waals surface area contributed by atoms with Crippen molar-refractivity contribution in [2.45, 2.75) is 38.3 Å². The van der Waals surface area contributed by atoms with Crippen LogP contribution in [-0.4, -0.2) is 59.3 Å². The Hall–Kier alpha value is -1.83. The zero-order valence-corrected chi connectivity index (χ0v) is 14.0. The number of H-pyrrole nitrogens is 1. The lowest BCUT2D eigenvalue weighted by Crippen LogP contribution is -2.43. The summed E-state index contributed by atoms with van der Waals surface area (Å²) in [5, 5.41) is 0. The van der Waals surface area contributed by atoms with Crippen LogP contribution in [0.1, 0.15) is 36.7 Å². The van der Waals surface area contributed by atoms with Gasteiger partial charge in [0, 0.05) is 12.7 Å². The average molecular weight is 339 g/mol. The van der Waals surface area contributed by atoms with Gasteiger partial charge >= 0.3 is 0 Å². The fraction of sp³-hybridized carbons (Fsp3) is 0.600. The van der Waals surface area contributed by atoms with Crippen molar-refractivity contribution in [1.82, 2.24) is 14.2 Å². The first kappa shape index (κ1) is 16.0. The van der Waals surface area contributed by atoms with Crippen LogP contribution < -0.4 is 0 Å². The van der Waals surface area contributed by atoms with Crippen LogP contribution in [0, 0.1) is 5.92 Å². The van der Waals surface area contributed by atoms with Gasteiger partial charge in [0.2, 0.25) is 15.9 Å². The minimum absolute atomic E-state index is 0.174. The van der Waals surface area contributed by atoms with Gasteiger partial charge in [-0.1, -0.05) is 13.3 Å². The van der Waals surface area contributed by atoms with Crippen LogP contribution >= 0.6 is 0 Å². The Balaban J connectivity index is 1.96. The highest BCUT2D eigenvalue weighted by atomic mass is 32.2. The number of nitrogens with one attached hydrogen (secondary N) is 1. The van der Waals surface area contributed by atoms with Crippen LogP contribution in [0.25, 0.3) is 0 Å². The lowest BCUT2D eigenvalue weighted by Gasteiger charge is -2.27. The zero-order valence-electron chi connectivity index (χ0n) is 13.2. The number of fused-ring (bicyclic) bond motifs is 1. The van der Waals surface area contributed by atoms with E-state index in [4.69, 9.17) is 0 Å². The van der Waals surface area contributed by atoms with E-state index < -0.39 is 22.0 Å². The predicted octanol–water partition coefficient (Wildman–Crippen LogP) is 0.816. The first-order chi connectivity index (χ1) is 10.9. The first-order valence-corrected chi connectivity index (χ1v) is 9.68. The minimum atomic E-state index is -3.62. The number of carbonyl (C=O) groups excluding carboxylic acids is 2. The third-order valence-corrected chi connectivity index (χ3v) is 5.88. The molecule has 3 heterocycles. The third kappa shape index (κ3) is 2.54. The van der Waals surface area contributed by atoms with Gasteiger partial charge in [0.25, 0.3) is 5.91 Å². The molecule has 0 unspecified atom stereocenters. The van der Waals surface area contributed by atoms with E-state index in [-0.39, 0.29) is 17.9 Å². The Morgan fingerprint density at radius 2 is 2.17 bits per heavy atom. The molecule has 0 spiro atoms. The van der Waals surface area contributed by atoms with E-state index in [1.54, 1.807) is 23.2 Å². The van der Waals surface area contributed by atoms with E-state index in [1.165, 1.54) is 0 Å². The van der Waals surface area contributed by atoms with Crippen LogP contribution in [0.15, 0.2) is 18.3 Å². The summed E-state index contributed by atoms with van der Waals surface area (Å²) in [5.74, 6) is -0.985. The molecule has 126 valence electrons. The van der Waals surface area contributed by atoms with Crippen molar-refractivity contribution in [3.05, 3.63) is 24.0 Å². The quantitative estimate of drug-likeness (QED) is 0.879. The molecule has 2 saturated heterocycles. The second-order valence-corrected chi connectivity index (χ2v) is 8.08. The highest BCUT2D eigenvalue weighted by Crippen LogP contribution is 2.40. The fourth-order valence-electron chi connectivity index (χ4n) is 3.88. The van der Waals surface area contributed by atoms with Gasteiger partial charge in [-0.05, 0) is 25.0 Å². The minimum Gasteiger partial charge on any atom is -0.357 e. The highest BCUT2D eigenvalue weighted by Gasteiger charge is 2.57. The van der Waals surface area contributed by atoms with Gasteiger partial charge in [-0.15, -0.1) is 0 Å². The standard InChI is InChI=1S/C15H21N3O4S/c1-3-5-10-13-12(18(14(10)19)23(2,21)22)7-9-17(13)15(20)11-6-4-8-16-11/h4,6,8,10,12-13,16H,3,5,7,9H2,1-2H3/t10-,12+,13-/m1/s1. The Labute approximate surface area is 135 Å². The summed E-state index contributed by atoms with van der Waals surface area (Å²) in [7, 11) is -3.62. The number of rotatable bonds is 4. The molecule has 3 rings (SSSR count). The van der Waals surface area contributed by atoms with Crippen molar-refractivity contribution in [2.24, 2.45) is 5.92 Å². The van der Waals surface area contributed by atoms with Crippen LogP contribution in [0.3, 0.4) is 0 Å². The molecule has 23 heavy (non-hydrogen) atoms. The fourth-order valence-corrected chi connectivity index (χ4v) is 5.07. The maximum atomic E-state index is 12.7. The van der Waals surface area contributed by atoms with E-state index in [1.807, 2.05) is 6.92 Å². The number of amides is 2. The van der Waals surface area contributed by atoms with Crippen molar-refractivity contribution in [3.63, 3.8) is 0 Å². The number of aromatic nitrogens is 1. The molecular weight excluding hydrogens is 318 g/mol. The van der Waals surface area contributed by atoms with Crippen molar-refractivity contribution in [1.29, 1.82) is 0 Å². The van der Waals surface area contributed by atoms with Crippen LogP contribution in [0.4, 0.5) is 0 Å². The van der Waals surface area contributed by atoms with E-state index >= 15 is 0 Å². The largest absolute Gasteiger partial charge is 0.357 e. The molecule has 2 aliphatic rings. The summed E-state index contributed by atoms with van der Waals surface area (Å²) >= 11 is 0. The van der Waals surface area contributed by atoms with Gasteiger partial charge in [0.05, 0.1) is 24.3 Å². The third-order valence-electron chi connectivity index (χ3n) is 4.71. The molecular formula is C15H21N3O4S. The number of nitrogens with zero attached hydrogens (tertiary/aromatic N) is 2. The van der Waals surface area contributed by atoms with E-state index in [0.29, 0.717) is 25.1 Å². The Bertz CT molecular complexity index is 713. The SMILES string of the molecule is CCC[C@H]1C(=O)N(S(C)(=O)=O)[C@H]2CCN(C(=O)c3ccc[nH]3)[C@H]12. The Morgan fingerprint density at radius 3 is 2.74 bits per heavy atom. The van der Waals surface area contributed by atoms with Crippen molar-refractivity contribution >= 4 is 21.8 Å². The average Bonchev–Trinajstić information content (AvgIpc) is 3.16. The number of likely N-dealkylation sites (tertiary alicyclic amines) is 1. The molecule has 0 bridgehead atoms. The van der Waals surface area contributed by atoms with E-state index in [2.05, 4.69) is 4.98 Å². The molecule has 1 N–H and O–H groups in total. The van der Waals surface area contributed by atoms with Crippen LogP contribution in [0.2, 0.25) is 0 Å². The van der Waals surface area contributed by atoms with Gasteiger partial charge in [0.15, 0.2) is 0 Å². The Kier molecular flexibility index (Phi) is 3.95. The maximum absolute atomic E-state index is 12.7. The molecule has 1 aromatic heterocycles. The van der Waals surface area contributed by atoms with Crippen LogP contribution in [0.5, 0.6) is 0 Å². The van der Waals surface area contributed by atoms with Gasteiger partial charge < -0.3 is 9.88 Å². The lowest BCUT2D eigenvalue weighted by molar-refractivity contribution is -0.128. The molecule has 8 heteroatoms. The monoisotopic (exact) mass is 339 g/mol. The summed E-state index contributed by atoms with van der Waals surface area (Å²) in [6.07, 6.45) is 4.58. The van der Waals surface area contributed by atoms with Gasteiger partial charge in [-0.2, -0.15) is 0 Å². The van der Waals surface area contributed by atoms with E-state index in [0.717, 1.165) is 17.0 Å². The van der Waals surface area contributed by atoms with Crippen molar-refractivity contribution in [3.8, 4) is 0 Å². The molecule has 7 nitrogen and oxygen atoms in total. The first-order valence-electron chi connectivity index (χ1n) is 7.84. The maximum Gasteiger partial charge on any atom is 0.270 e.